The van der Waals surface area contributed by atoms with Gasteiger partial charge in [0.2, 0.25) is 0 Å². The molecule has 0 saturated carbocycles. The molecule has 1 atom stereocenters. The minimum atomic E-state index is 0.0914. The molecule has 0 aromatic heterocycles. The molecule has 1 rings (SSSR count). The van der Waals surface area contributed by atoms with Crippen molar-refractivity contribution in [3.8, 4) is 0 Å². The molecule has 0 aliphatic rings. The van der Waals surface area contributed by atoms with Crippen LogP contribution in [0.4, 0.5) is 0 Å². The van der Waals surface area contributed by atoms with Crippen LogP contribution in [-0.2, 0) is 0 Å². The second kappa shape index (κ2) is 6.08. The zero-order valence-electron chi connectivity index (χ0n) is 9.01. The number of nitrogens with two attached hydrogens (primary N) is 2. The summed E-state index contributed by atoms with van der Waals surface area (Å²) in [6, 6.07) is 3.42. The monoisotopic (exact) mass is 280 g/mol. The maximum absolute atomic E-state index is 6.15. The summed E-state index contributed by atoms with van der Waals surface area (Å²) < 4.78 is 0. The zero-order valence-corrected chi connectivity index (χ0v) is 11.3. The molecule has 0 radical (unpaired) electrons. The third-order valence-electron chi connectivity index (χ3n) is 2.85. The molecule has 0 heterocycles. The lowest BCUT2D eigenvalue weighted by Crippen LogP contribution is -2.28. The molecule has 1 aromatic carbocycles. The first-order valence-corrected chi connectivity index (χ1v) is 6.19. The van der Waals surface area contributed by atoms with E-state index < -0.39 is 0 Å². The number of hydrogen-bond acceptors (Lipinski definition) is 2. The van der Waals surface area contributed by atoms with Gasteiger partial charge in [-0.2, -0.15) is 0 Å². The number of halogens is 3. The summed E-state index contributed by atoms with van der Waals surface area (Å²) in [7, 11) is 0. The Labute approximate surface area is 111 Å². The van der Waals surface area contributed by atoms with Gasteiger partial charge in [-0.1, -0.05) is 41.7 Å². The van der Waals surface area contributed by atoms with Crippen LogP contribution in [0.5, 0.6) is 0 Å². The van der Waals surface area contributed by atoms with Crippen molar-refractivity contribution < 1.29 is 0 Å². The highest BCUT2D eigenvalue weighted by Crippen LogP contribution is 2.38. The van der Waals surface area contributed by atoms with Gasteiger partial charge in [-0.25, -0.2) is 0 Å². The van der Waals surface area contributed by atoms with Crippen molar-refractivity contribution in [2.75, 3.05) is 13.1 Å². The van der Waals surface area contributed by atoms with E-state index in [9.17, 15) is 0 Å². The molecular formula is C11H15Cl3N2. The zero-order chi connectivity index (χ0) is 12.3. The predicted octanol–water partition coefficient (Wildman–Crippen LogP) is 3.28. The smallest absolute Gasteiger partial charge is 0.0641 e. The van der Waals surface area contributed by atoms with Gasteiger partial charge in [0.1, 0.15) is 0 Å². The highest BCUT2D eigenvalue weighted by Gasteiger charge is 2.22. The molecule has 0 bridgehead atoms. The topological polar surface area (TPSA) is 52.0 Å². The number of rotatable bonds is 4. The SMILES string of the molecule is CC(c1c(Cl)ccc(Cl)c1Cl)C(CN)CN. The van der Waals surface area contributed by atoms with E-state index in [1.54, 1.807) is 12.1 Å². The highest BCUT2D eigenvalue weighted by atomic mass is 35.5. The summed E-state index contributed by atoms with van der Waals surface area (Å²) in [5.41, 5.74) is 12.2. The minimum absolute atomic E-state index is 0.0914. The number of hydrogen-bond donors (Lipinski definition) is 2. The van der Waals surface area contributed by atoms with Crippen molar-refractivity contribution in [1.29, 1.82) is 0 Å². The summed E-state index contributed by atoms with van der Waals surface area (Å²) in [6.07, 6.45) is 0. The quantitative estimate of drug-likeness (QED) is 0.832. The van der Waals surface area contributed by atoms with Crippen molar-refractivity contribution in [3.63, 3.8) is 0 Å². The van der Waals surface area contributed by atoms with Gasteiger partial charge in [0, 0.05) is 5.02 Å². The first kappa shape index (κ1) is 14.1. The van der Waals surface area contributed by atoms with Crippen LogP contribution in [0.15, 0.2) is 12.1 Å². The van der Waals surface area contributed by atoms with Crippen LogP contribution in [-0.4, -0.2) is 13.1 Å². The van der Waals surface area contributed by atoms with Crippen LogP contribution in [0.1, 0.15) is 18.4 Å². The van der Waals surface area contributed by atoms with E-state index in [1.807, 2.05) is 6.92 Å². The Hall–Kier alpha value is 0.01000. The van der Waals surface area contributed by atoms with Crippen LogP contribution in [0, 0.1) is 5.92 Å². The standard InChI is InChI=1S/C11H15Cl3N2/c1-6(7(4-15)5-16)10-8(12)2-3-9(13)11(10)14/h2-3,6-7H,4-5,15-16H2,1H3. The molecule has 2 nitrogen and oxygen atoms in total. The first-order valence-electron chi connectivity index (χ1n) is 5.06. The maximum Gasteiger partial charge on any atom is 0.0641 e. The van der Waals surface area contributed by atoms with Gasteiger partial charge < -0.3 is 11.5 Å². The molecule has 1 unspecified atom stereocenters. The molecule has 1 aromatic rings. The second-order valence-electron chi connectivity index (χ2n) is 3.78. The summed E-state index contributed by atoms with van der Waals surface area (Å²) in [6.45, 7) is 3.00. The van der Waals surface area contributed by atoms with E-state index in [4.69, 9.17) is 46.3 Å². The lowest BCUT2D eigenvalue weighted by Gasteiger charge is -2.23. The van der Waals surface area contributed by atoms with Crippen LogP contribution in [0.2, 0.25) is 15.1 Å². The fourth-order valence-electron chi connectivity index (χ4n) is 1.70. The van der Waals surface area contributed by atoms with E-state index in [1.165, 1.54) is 0 Å². The van der Waals surface area contributed by atoms with Gasteiger partial charge in [-0.15, -0.1) is 0 Å². The van der Waals surface area contributed by atoms with E-state index >= 15 is 0 Å². The largest absolute Gasteiger partial charge is 0.330 e. The van der Waals surface area contributed by atoms with Crippen molar-refractivity contribution in [3.05, 3.63) is 32.8 Å². The van der Waals surface area contributed by atoms with Gasteiger partial charge in [-0.05, 0) is 42.6 Å². The van der Waals surface area contributed by atoms with Crippen molar-refractivity contribution in [2.45, 2.75) is 12.8 Å². The highest BCUT2D eigenvalue weighted by molar-refractivity contribution is 6.44. The van der Waals surface area contributed by atoms with Crippen LogP contribution in [0.3, 0.4) is 0 Å². The average Bonchev–Trinajstić information content (AvgIpc) is 2.26. The van der Waals surface area contributed by atoms with Crippen molar-refractivity contribution in [1.82, 2.24) is 0 Å². The molecule has 0 amide bonds. The Morgan fingerprint density at radius 1 is 1.06 bits per heavy atom. The van der Waals surface area contributed by atoms with E-state index in [0.29, 0.717) is 28.2 Å². The van der Waals surface area contributed by atoms with Gasteiger partial charge in [0.05, 0.1) is 10.0 Å². The lowest BCUT2D eigenvalue weighted by molar-refractivity contribution is 0.467. The molecule has 0 aliphatic heterocycles. The lowest BCUT2D eigenvalue weighted by atomic mass is 9.87. The van der Waals surface area contributed by atoms with E-state index in [-0.39, 0.29) is 11.8 Å². The van der Waals surface area contributed by atoms with E-state index in [0.717, 1.165) is 5.56 Å². The molecule has 0 aliphatic carbocycles. The van der Waals surface area contributed by atoms with Crippen LogP contribution < -0.4 is 11.5 Å². The molecule has 5 heteroatoms. The Bertz CT molecular complexity index is 364. The average molecular weight is 282 g/mol. The molecular weight excluding hydrogens is 266 g/mol. The third-order valence-corrected chi connectivity index (χ3v) is 4.00. The summed E-state index contributed by atoms with van der Waals surface area (Å²) in [5.74, 6) is 0.238. The predicted molar refractivity (Wildman–Crippen MR) is 71.5 cm³/mol. The first-order chi connectivity index (χ1) is 7.52. The second-order valence-corrected chi connectivity index (χ2v) is 4.97. The van der Waals surface area contributed by atoms with Crippen molar-refractivity contribution >= 4 is 34.8 Å². The van der Waals surface area contributed by atoms with Crippen LogP contribution >= 0.6 is 34.8 Å². The fraction of sp³-hybridized carbons (Fsp3) is 0.455. The molecule has 0 spiro atoms. The van der Waals surface area contributed by atoms with Crippen molar-refractivity contribution in [2.24, 2.45) is 17.4 Å². The summed E-state index contributed by atoms with van der Waals surface area (Å²) in [5, 5.41) is 1.60. The molecule has 16 heavy (non-hydrogen) atoms. The molecule has 0 fully saturated rings. The Balaban J connectivity index is 3.16. The summed E-state index contributed by atoms with van der Waals surface area (Å²) in [4.78, 5) is 0. The Morgan fingerprint density at radius 3 is 2.06 bits per heavy atom. The normalized spacial score (nSPS) is 13.2. The minimum Gasteiger partial charge on any atom is -0.330 e. The molecule has 4 N–H and O–H groups in total. The maximum atomic E-state index is 6.15. The molecule has 0 saturated heterocycles. The van der Waals surface area contributed by atoms with Gasteiger partial charge >= 0.3 is 0 Å². The fourth-order valence-corrected chi connectivity index (χ4v) is 2.58. The van der Waals surface area contributed by atoms with E-state index in [2.05, 4.69) is 0 Å². The number of benzene rings is 1. The van der Waals surface area contributed by atoms with Gasteiger partial charge in [0.25, 0.3) is 0 Å². The van der Waals surface area contributed by atoms with Gasteiger partial charge in [-0.3, -0.25) is 0 Å². The Kier molecular flexibility index (Phi) is 5.35. The summed E-state index contributed by atoms with van der Waals surface area (Å²) >= 11 is 18.3. The third kappa shape index (κ3) is 2.82. The van der Waals surface area contributed by atoms with Gasteiger partial charge in [0.15, 0.2) is 0 Å². The van der Waals surface area contributed by atoms with Crippen LogP contribution in [0.25, 0.3) is 0 Å². The molecule has 90 valence electrons. The Morgan fingerprint density at radius 2 is 1.56 bits per heavy atom.